The summed E-state index contributed by atoms with van der Waals surface area (Å²) < 4.78 is 0. The summed E-state index contributed by atoms with van der Waals surface area (Å²) in [6.45, 7) is 4.67. The third kappa shape index (κ3) is 2.05. The Kier molecular flexibility index (Phi) is 3.01. The molecule has 4 nitrogen and oxygen atoms in total. The molecular weight excluding hydrogens is 288 g/mol. The van der Waals surface area contributed by atoms with Gasteiger partial charge in [-0.15, -0.1) is 0 Å². The average molecular weight is 306 g/mol. The van der Waals surface area contributed by atoms with Crippen LogP contribution >= 0.6 is 0 Å². The molecule has 0 fully saturated rings. The zero-order valence-corrected chi connectivity index (χ0v) is 13.2. The maximum absolute atomic E-state index is 12.4. The summed E-state index contributed by atoms with van der Waals surface area (Å²) >= 11 is 0. The van der Waals surface area contributed by atoms with Gasteiger partial charge in [0.25, 0.3) is 11.8 Å². The van der Waals surface area contributed by atoms with Crippen LogP contribution in [-0.4, -0.2) is 22.8 Å². The quantitative estimate of drug-likeness (QED) is 0.865. The van der Waals surface area contributed by atoms with Crippen molar-refractivity contribution in [2.45, 2.75) is 32.4 Å². The molecule has 4 heteroatoms. The van der Waals surface area contributed by atoms with Gasteiger partial charge in [-0.3, -0.25) is 14.5 Å². The largest absolute Gasteiger partial charge is 0.382 e. The fourth-order valence-corrected chi connectivity index (χ4v) is 3.43. The van der Waals surface area contributed by atoms with Crippen molar-refractivity contribution in [1.29, 1.82) is 0 Å². The first kappa shape index (κ1) is 14.0. The third-order valence-electron chi connectivity index (χ3n) is 4.96. The van der Waals surface area contributed by atoms with E-state index in [1.165, 1.54) is 10.5 Å². The van der Waals surface area contributed by atoms with E-state index in [4.69, 9.17) is 0 Å². The standard InChI is InChI=1S/C19H18N2O2/c1-11-12(2)20-17-9-13(7-8-14(11)17)10-21-18(22)15-5-3-4-6-16(15)19(21)23/h3-9,11-12,20H,10H2,1-2H3. The number of benzene rings is 2. The number of hydrogen-bond donors (Lipinski definition) is 1. The second-order valence-electron chi connectivity index (χ2n) is 6.39. The number of rotatable bonds is 2. The zero-order valence-electron chi connectivity index (χ0n) is 13.2. The first-order valence-corrected chi connectivity index (χ1v) is 7.91. The van der Waals surface area contributed by atoms with E-state index < -0.39 is 0 Å². The van der Waals surface area contributed by atoms with Gasteiger partial charge in [0.05, 0.1) is 17.7 Å². The Morgan fingerprint density at radius 1 is 1.00 bits per heavy atom. The predicted octanol–water partition coefficient (Wildman–Crippen LogP) is 3.40. The highest BCUT2D eigenvalue weighted by atomic mass is 16.2. The van der Waals surface area contributed by atoms with E-state index in [0.29, 0.717) is 29.6 Å². The monoisotopic (exact) mass is 306 g/mol. The number of carbonyl (C=O) groups excluding carboxylic acids is 2. The predicted molar refractivity (Wildman–Crippen MR) is 88.6 cm³/mol. The van der Waals surface area contributed by atoms with Crippen molar-refractivity contribution < 1.29 is 9.59 Å². The Morgan fingerprint density at radius 3 is 2.30 bits per heavy atom. The Bertz CT molecular complexity index is 793. The molecule has 2 aromatic rings. The van der Waals surface area contributed by atoms with Crippen LogP contribution in [0.25, 0.3) is 0 Å². The van der Waals surface area contributed by atoms with Gasteiger partial charge in [-0.2, -0.15) is 0 Å². The fraction of sp³-hybridized carbons (Fsp3) is 0.263. The van der Waals surface area contributed by atoms with Crippen molar-refractivity contribution in [2.75, 3.05) is 5.32 Å². The first-order valence-electron chi connectivity index (χ1n) is 7.91. The number of carbonyl (C=O) groups is 2. The average Bonchev–Trinajstić information content (AvgIpc) is 2.97. The van der Waals surface area contributed by atoms with Gasteiger partial charge in [0.15, 0.2) is 0 Å². The molecule has 2 aliphatic rings. The minimum absolute atomic E-state index is 0.208. The molecule has 0 aromatic heterocycles. The summed E-state index contributed by atoms with van der Waals surface area (Å²) in [4.78, 5) is 26.2. The third-order valence-corrected chi connectivity index (χ3v) is 4.96. The topological polar surface area (TPSA) is 49.4 Å². The molecule has 0 saturated heterocycles. The van der Waals surface area contributed by atoms with Crippen LogP contribution in [0.4, 0.5) is 5.69 Å². The Hall–Kier alpha value is -2.62. The highest BCUT2D eigenvalue weighted by Crippen LogP contribution is 2.36. The number of fused-ring (bicyclic) bond motifs is 2. The first-order chi connectivity index (χ1) is 11.1. The van der Waals surface area contributed by atoms with E-state index in [-0.39, 0.29) is 11.8 Å². The van der Waals surface area contributed by atoms with E-state index in [0.717, 1.165) is 11.3 Å². The number of nitrogens with one attached hydrogen (secondary N) is 1. The van der Waals surface area contributed by atoms with Crippen LogP contribution in [-0.2, 0) is 6.54 Å². The van der Waals surface area contributed by atoms with Gasteiger partial charge in [-0.25, -0.2) is 0 Å². The molecule has 2 aliphatic heterocycles. The molecule has 0 aliphatic carbocycles. The zero-order chi connectivity index (χ0) is 16.1. The van der Waals surface area contributed by atoms with Gasteiger partial charge in [0.1, 0.15) is 0 Å². The molecule has 2 aromatic carbocycles. The molecular formula is C19H18N2O2. The van der Waals surface area contributed by atoms with Crippen molar-refractivity contribution in [3.8, 4) is 0 Å². The molecule has 0 saturated carbocycles. The van der Waals surface area contributed by atoms with E-state index in [1.54, 1.807) is 24.3 Å². The highest BCUT2D eigenvalue weighted by molar-refractivity contribution is 6.21. The highest BCUT2D eigenvalue weighted by Gasteiger charge is 2.35. The fourth-order valence-electron chi connectivity index (χ4n) is 3.43. The van der Waals surface area contributed by atoms with E-state index in [9.17, 15) is 9.59 Å². The molecule has 2 atom stereocenters. The molecule has 23 heavy (non-hydrogen) atoms. The Labute approximate surface area is 135 Å². The second kappa shape index (κ2) is 4.95. The maximum atomic E-state index is 12.4. The van der Waals surface area contributed by atoms with Crippen molar-refractivity contribution >= 4 is 17.5 Å². The smallest absolute Gasteiger partial charge is 0.261 e. The van der Waals surface area contributed by atoms with Crippen LogP contribution in [0.15, 0.2) is 42.5 Å². The summed E-state index contributed by atoms with van der Waals surface area (Å²) in [5.41, 5.74) is 4.37. The van der Waals surface area contributed by atoms with Crippen LogP contribution in [0.2, 0.25) is 0 Å². The molecule has 4 rings (SSSR count). The lowest BCUT2D eigenvalue weighted by Gasteiger charge is -2.15. The summed E-state index contributed by atoms with van der Waals surface area (Å²) in [7, 11) is 0. The van der Waals surface area contributed by atoms with E-state index in [1.807, 2.05) is 6.07 Å². The Morgan fingerprint density at radius 2 is 1.65 bits per heavy atom. The normalized spacial score (nSPS) is 22.1. The lowest BCUT2D eigenvalue weighted by atomic mass is 9.97. The van der Waals surface area contributed by atoms with E-state index in [2.05, 4.69) is 31.3 Å². The second-order valence-corrected chi connectivity index (χ2v) is 6.39. The van der Waals surface area contributed by atoms with Crippen molar-refractivity contribution in [3.63, 3.8) is 0 Å². The lowest BCUT2D eigenvalue weighted by molar-refractivity contribution is 0.0642. The molecule has 0 spiro atoms. The molecule has 0 bridgehead atoms. The van der Waals surface area contributed by atoms with Crippen LogP contribution in [0.1, 0.15) is 51.6 Å². The summed E-state index contributed by atoms with van der Waals surface area (Å²) in [5, 5.41) is 3.46. The van der Waals surface area contributed by atoms with Crippen LogP contribution < -0.4 is 5.32 Å². The Balaban J connectivity index is 1.62. The number of amides is 2. The minimum Gasteiger partial charge on any atom is -0.382 e. The van der Waals surface area contributed by atoms with Crippen molar-refractivity contribution in [3.05, 3.63) is 64.7 Å². The SMILES string of the molecule is CC1Nc2cc(CN3C(=O)c4ccccc4C3=O)ccc2C1C. The van der Waals surface area contributed by atoms with Crippen LogP contribution in [0.5, 0.6) is 0 Å². The van der Waals surface area contributed by atoms with Gasteiger partial charge >= 0.3 is 0 Å². The van der Waals surface area contributed by atoms with Crippen LogP contribution in [0, 0.1) is 0 Å². The molecule has 116 valence electrons. The van der Waals surface area contributed by atoms with Gasteiger partial charge < -0.3 is 5.32 Å². The van der Waals surface area contributed by atoms with Gasteiger partial charge in [0.2, 0.25) is 0 Å². The van der Waals surface area contributed by atoms with Crippen molar-refractivity contribution in [1.82, 2.24) is 4.90 Å². The summed E-state index contributed by atoms with van der Waals surface area (Å²) in [6, 6.07) is 13.6. The minimum atomic E-state index is -0.208. The summed E-state index contributed by atoms with van der Waals surface area (Å²) in [6.07, 6.45) is 0. The number of anilines is 1. The number of hydrogen-bond acceptors (Lipinski definition) is 3. The van der Waals surface area contributed by atoms with Gasteiger partial charge in [-0.1, -0.05) is 31.2 Å². The summed E-state index contributed by atoms with van der Waals surface area (Å²) in [5.74, 6) is 0.0555. The van der Waals surface area contributed by atoms with Gasteiger partial charge in [-0.05, 0) is 36.2 Å². The lowest BCUT2D eigenvalue weighted by Crippen LogP contribution is -2.29. The molecule has 2 heterocycles. The molecule has 2 amide bonds. The molecule has 2 unspecified atom stereocenters. The van der Waals surface area contributed by atoms with Crippen molar-refractivity contribution in [2.24, 2.45) is 0 Å². The molecule has 0 radical (unpaired) electrons. The maximum Gasteiger partial charge on any atom is 0.261 e. The molecule has 1 N–H and O–H groups in total. The van der Waals surface area contributed by atoms with Crippen LogP contribution in [0.3, 0.4) is 0 Å². The van der Waals surface area contributed by atoms with Gasteiger partial charge in [0, 0.05) is 17.6 Å². The number of imide groups is 1. The number of nitrogens with zero attached hydrogens (tertiary/aromatic N) is 1. The van der Waals surface area contributed by atoms with E-state index >= 15 is 0 Å².